The predicted octanol–water partition coefficient (Wildman–Crippen LogP) is 0.959. The maximum atomic E-state index is 12.0. The van der Waals surface area contributed by atoms with Gasteiger partial charge >= 0.3 is 0 Å². The van der Waals surface area contributed by atoms with Crippen molar-refractivity contribution < 1.29 is 9.53 Å². The van der Waals surface area contributed by atoms with Crippen LogP contribution in [0.3, 0.4) is 0 Å². The molecule has 0 saturated heterocycles. The molecule has 3 rings (SSSR count). The van der Waals surface area contributed by atoms with Gasteiger partial charge < -0.3 is 10.1 Å². The number of carbonyl (C=O) groups is 1. The largest absolute Gasteiger partial charge is 0.488 e. The van der Waals surface area contributed by atoms with Crippen LogP contribution < -0.4 is 10.1 Å². The minimum Gasteiger partial charge on any atom is -0.488 e. The summed E-state index contributed by atoms with van der Waals surface area (Å²) in [6.07, 6.45) is 3.78. The van der Waals surface area contributed by atoms with Crippen LogP contribution in [0.5, 0.6) is 5.75 Å². The summed E-state index contributed by atoms with van der Waals surface area (Å²) in [5, 5.41) is 6.86. The lowest BCUT2D eigenvalue weighted by Gasteiger charge is -2.15. The smallest absolute Gasteiger partial charge is 0.244 e. The van der Waals surface area contributed by atoms with Crippen LogP contribution in [0.25, 0.3) is 0 Å². The van der Waals surface area contributed by atoms with E-state index < -0.39 is 0 Å². The van der Waals surface area contributed by atoms with Crippen molar-refractivity contribution in [1.82, 2.24) is 20.1 Å². The van der Waals surface area contributed by atoms with Gasteiger partial charge in [-0.1, -0.05) is 18.2 Å². The summed E-state index contributed by atoms with van der Waals surface area (Å²) >= 11 is 0. The van der Waals surface area contributed by atoms with E-state index in [1.165, 1.54) is 22.9 Å². The minimum absolute atomic E-state index is 0.000651. The van der Waals surface area contributed by atoms with Crippen molar-refractivity contribution in [3.63, 3.8) is 0 Å². The molecule has 0 saturated carbocycles. The molecule has 2 aromatic rings. The van der Waals surface area contributed by atoms with E-state index in [1.807, 2.05) is 18.2 Å². The van der Waals surface area contributed by atoms with Crippen LogP contribution in [0.15, 0.2) is 36.9 Å². The highest BCUT2D eigenvalue weighted by molar-refractivity contribution is 5.79. The van der Waals surface area contributed by atoms with E-state index in [0.29, 0.717) is 6.54 Å². The zero-order valence-electron chi connectivity index (χ0n) is 11.2. The topological polar surface area (TPSA) is 69.0 Å². The number of fused-ring (bicyclic) bond motifs is 1. The van der Waals surface area contributed by atoms with E-state index in [0.717, 1.165) is 12.2 Å². The van der Waals surface area contributed by atoms with Crippen molar-refractivity contribution in [3.8, 4) is 5.75 Å². The molecule has 1 aliphatic rings. The molecule has 104 valence electrons. The summed E-state index contributed by atoms with van der Waals surface area (Å²) in [7, 11) is 0. The Labute approximate surface area is 116 Å². The van der Waals surface area contributed by atoms with Gasteiger partial charge in [0.05, 0.1) is 6.54 Å². The number of ether oxygens (including phenoxy) is 1. The lowest BCUT2D eigenvalue weighted by molar-refractivity contribution is -0.124. The number of benzene rings is 1. The summed E-state index contributed by atoms with van der Waals surface area (Å²) in [5.74, 6) is 0.825. The normalized spacial score (nSPS) is 18.1. The second-order valence-electron chi connectivity index (χ2n) is 4.85. The van der Waals surface area contributed by atoms with E-state index in [1.54, 1.807) is 6.92 Å². The molecule has 6 heteroatoms. The van der Waals surface area contributed by atoms with Crippen LogP contribution in [0.1, 0.15) is 18.5 Å². The summed E-state index contributed by atoms with van der Waals surface area (Å²) in [6, 6.07) is 7.58. The standard InChI is InChI=1S/C14H16N4O2/c1-10(18-9-15-8-17-18)14(19)16-7-12-6-11-4-2-3-5-13(11)20-12/h2-5,8-10,12H,6-7H2,1H3,(H,16,19)/t10-,12-/m0/s1. The predicted molar refractivity (Wildman–Crippen MR) is 72.3 cm³/mol. The van der Waals surface area contributed by atoms with Crippen molar-refractivity contribution in [2.24, 2.45) is 0 Å². The SMILES string of the molecule is C[C@@H](C(=O)NC[C@@H]1Cc2ccccc2O1)n1cncn1. The Hall–Kier alpha value is -2.37. The molecule has 0 unspecified atom stereocenters. The van der Waals surface area contributed by atoms with Crippen molar-refractivity contribution >= 4 is 5.91 Å². The zero-order valence-corrected chi connectivity index (χ0v) is 11.2. The average Bonchev–Trinajstić information content (AvgIpc) is 3.12. The Kier molecular flexibility index (Phi) is 3.37. The molecule has 1 N–H and O–H groups in total. The maximum Gasteiger partial charge on any atom is 0.244 e. The summed E-state index contributed by atoms with van der Waals surface area (Å²) in [5.41, 5.74) is 1.19. The molecule has 0 radical (unpaired) electrons. The number of amides is 1. The third-order valence-electron chi connectivity index (χ3n) is 3.43. The number of aromatic nitrogens is 3. The molecule has 0 aliphatic carbocycles. The van der Waals surface area contributed by atoms with E-state index in [-0.39, 0.29) is 18.1 Å². The van der Waals surface area contributed by atoms with Crippen LogP contribution in [-0.4, -0.2) is 33.3 Å². The summed E-state index contributed by atoms with van der Waals surface area (Å²) in [4.78, 5) is 15.9. The molecule has 6 nitrogen and oxygen atoms in total. The number of nitrogens with one attached hydrogen (secondary N) is 1. The average molecular weight is 272 g/mol. The Bertz CT molecular complexity index is 572. The summed E-state index contributed by atoms with van der Waals surface area (Å²) < 4.78 is 7.31. The second-order valence-corrected chi connectivity index (χ2v) is 4.85. The highest BCUT2D eigenvalue weighted by Crippen LogP contribution is 2.27. The van der Waals surface area contributed by atoms with Gasteiger partial charge in [0.2, 0.25) is 5.91 Å². The van der Waals surface area contributed by atoms with Crippen LogP contribution in [-0.2, 0) is 11.2 Å². The van der Waals surface area contributed by atoms with Gasteiger partial charge in [0.25, 0.3) is 0 Å². The van der Waals surface area contributed by atoms with E-state index in [2.05, 4.69) is 21.5 Å². The molecule has 20 heavy (non-hydrogen) atoms. The van der Waals surface area contributed by atoms with E-state index in [4.69, 9.17) is 4.74 Å². The van der Waals surface area contributed by atoms with Gasteiger partial charge in [0.1, 0.15) is 30.5 Å². The molecule has 1 aromatic heterocycles. The first-order valence-corrected chi connectivity index (χ1v) is 6.60. The van der Waals surface area contributed by atoms with Crippen molar-refractivity contribution in [2.75, 3.05) is 6.54 Å². The van der Waals surface area contributed by atoms with Crippen molar-refractivity contribution in [2.45, 2.75) is 25.5 Å². The molecule has 1 amide bonds. The Morgan fingerprint density at radius 3 is 3.15 bits per heavy atom. The molecule has 2 atom stereocenters. The highest BCUT2D eigenvalue weighted by atomic mass is 16.5. The zero-order chi connectivity index (χ0) is 13.9. The molecule has 2 heterocycles. The summed E-state index contributed by atoms with van der Waals surface area (Å²) in [6.45, 7) is 2.28. The van der Waals surface area contributed by atoms with Gasteiger partial charge in [-0.3, -0.25) is 4.79 Å². The fraction of sp³-hybridized carbons (Fsp3) is 0.357. The first-order chi connectivity index (χ1) is 9.74. The molecule has 0 spiro atoms. The van der Waals surface area contributed by atoms with Crippen LogP contribution in [0.2, 0.25) is 0 Å². The molecule has 1 aromatic carbocycles. The van der Waals surface area contributed by atoms with Crippen molar-refractivity contribution in [3.05, 3.63) is 42.5 Å². The number of rotatable bonds is 4. The number of nitrogens with zero attached hydrogens (tertiary/aromatic N) is 3. The maximum absolute atomic E-state index is 12.0. The van der Waals surface area contributed by atoms with Gasteiger partial charge in [-0.2, -0.15) is 5.10 Å². The monoisotopic (exact) mass is 272 g/mol. The number of hydrogen-bond acceptors (Lipinski definition) is 4. The third-order valence-corrected chi connectivity index (χ3v) is 3.43. The molecular weight excluding hydrogens is 256 g/mol. The third kappa shape index (κ3) is 2.49. The Morgan fingerprint density at radius 1 is 1.55 bits per heavy atom. The lowest BCUT2D eigenvalue weighted by Crippen LogP contribution is -2.38. The minimum atomic E-state index is -0.374. The van der Waals surface area contributed by atoms with Gasteiger partial charge in [-0.25, -0.2) is 9.67 Å². The van der Waals surface area contributed by atoms with Gasteiger partial charge in [0.15, 0.2) is 0 Å². The number of carbonyl (C=O) groups excluding carboxylic acids is 1. The fourth-order valence-corrected chi connectivity index (χ4v) is 2.27. The second kappa shape index (κ2) is 5.32. The van der Waals surface area contributed by atoms with Gasteiger partial charge in [-0.15, -0.1) is 0 Å². The van der Waals surface area contributed by atoms with E-state index >= 15 is 0 Å². The first-order valence-electron chi connectivity index (χ1n) is 6.60. The Balaban J connectivity index is 1.53. The first kappa shape index (κ1) is 12.7. The lowest BCUT2D eigenvalue weighted by atomic mass is 10.1. The molecule has 1 aliphatic heterocycles. The molecule has 0 bridgehead atoms. The molecule has 0 fully saturated rings. The fourth-order valence-electron chi connectivity index (χ4n) is 2.27. The van der Waals surface area contributed by atoms with Gasteiger partial charge in [0, 0.05) is 6.42 Å². The quantitative estimate of drug-likeness (QED) is 0.900. The number of para-hydroxylation sites is 1. The van der Waals surface area contributed by atoms with Crippen molar-refractivity contribution in [1.29, 1.82) is 0 Å². The van der Waals surface area contributed by atoms with Gasteiger partial charge in [-0.05, 0) is 18.6 Å². The number of hydrogen-bond donors (Lipinski definition) is 1. The molecular formula is C14H16N4O2. The van der Waals surface area contributed by atoms with Crippen LogP contribution >= 0.6 is 0 Å². The van der Waals surface area contributed by atoms with Crippen LogP contribution in [0, 0.1) is 0 Å². The highest BCUT2D eigenvalue weighted by Gasteiger charge is 2.24. The Morgan fingerprint density at radius 2 is 2.40 bits per heavy atom. The van der Waals surface area contributed by atoms with E-state index in [9.17, 15) is 4.79 Å². The van der Waals surface area contributed by atoms with Crippen LogP contribution in [0.4, 0.5) is 0 Å².